The molecule has 0 heterocycles. The SMILES string of the molecule is CSCC(C)NCCC(=O)OC(C)(C)C. The van der Waals surface area contributed by atoms with E-state index in [4.69, 9.17) is 4.74 Å². The predicted octanol–water partition coefficient (Wildman–Crippen LogP) is 2.06. The molecule has 0 aliphatic heterocycles. The Morgan fingerprint density at radius 1 is 1.47 bits per heavy atom. The highest BCUT2D eigenvalue weighted by molar-refractivity contribution is 7.98. The third kappa shape index (κ3) is 10.1. The van der Waals surface area contributed by atoms with Crippen LogP contribution in [-0.2, 0) is 9.53 Å². The van der Waals surface area contributed by atoms with E-state index < -0.39 is 0 Å². The van der Waals surface area contributed by atoms with Crippen molar-refractivity contribution >= 4 is 17.7 Å². The Morgan fingerprint density at radius 3 is 2.53 bits per heavy atom. The van der Waals surface area contributed by atoms with E-state index in [1.165, 1.54) is 0 Å². The molecule has 0 aliphatic carbocycles. The van der Waals surface area contributed by atoms with Gasteiger partial charge >= 0.3 is 5.97 Å². The first-order chi connectivity index (χ1) is 6.85. The Hall–Kier alpha value is -0.220. The number of hydrogen-bond acceptors (Lipinski definition) is 4. The van der Waals surface area contributed by atoms with Crippen LogP contribution in [0.5, 0.6) is 0 Å². The van der Waals surface area contributed by atoms with Crippen LogP contribution in [0.1, 0.15) is 34.1 Å². The van der Waals surface area contributed by atoms with E-state index in [9.17, 15) is 4.79 Å². The maximum Gasteiger partial charge on any atom is 0.307 e. The van der Waals surface area contributed by atoms with Gasteiger partial charge in [-0.3, -0.25) is 4.79 Å². The molecule has 0 aromatic carbocycles. The molecule has 0 spiro atoms. The minimum atomic E-state index is -0.373. The summed E-state index contributed by atoms with van der Waals surface area (Å²) in [5.74, 6) is 0.931. The lowest BCUT2D eigenvalue weighted by Gasteiger charge is -2.20. The van der Waals surface area contributed by atoms with Crippen molar-refractivity contribution in [2.75, 3.05) is 18.6 Å². The van der Waals surface area contributed by atoms with Gasteiger partial charge in [0.25, 0.3) is 0 Å². The second-order valence-electron chi connectivity index (χ2n) is 4.65. The summed E-state index contributed by atoms with van der Waals surface area (Å²) >= 11 is 1.80. The van der Waals surface area contributed by atoms with Crippen molar-refractivity contribution in [2.24, 2.45) is 0 Å². The van der Waals surface area contributed by atoms with Crippen molar-refractivity contribution in [1.29, 1.82) is 0 Å². The van der Waals surface area contributed by atoms with Gasteiger partial charge in [0.2, 0.25) is 0 Å². The molecule has 1 unspecified atom stereocenters. The largest absolute Gasteiger partial charge is 0.460 e. The summed E-state index contributed by atoms with van der Waals surface area (Å²) in [5.41, 5.74) is -0.373. The molecule has 0 radical (unpaired) electrons. The monoisotopic (exact) mass is 233 g/mol. The van der Waals surface area contributed by atoms with E-state index in [-0.39, 0.29) is 11.6 Å². The molecule has 4 heteroatoms. The molecule has 0 bridgehead atoms. The van der Waals surface area contributed by atoms with Crippen molar-refractivity contribution in [3.8, 4) is 0 Å². The number of ether oxygens (including phenoxy) is 1. The zero-order chi connectivity index (χ0) is 11.9. The summed E-state index contributed by atoms with van der Waals surface area (Å²) in [6, 6.07) is 0.447. The Balaban J connectivity index is 3.55. The van der Waals surface area contributed by atoms with Gasteiger partial charge in [-0.15, -0.1) is 0 Å². The van der Waals surface area contributed by atoms with E-state index in [1.54, 1.807) is 11.8 Å². The average molecular weight is 233 g/mol. The number of esters is 1. The maximum absolute atomic E-state index is 11.3. The molecule has 0 rings (SSSR count). The number of rotatable bonds is 6. The molecular formula is C11H23NO2S. The third-order valence-corrected chi connectivity index (χ3v) is 2.49. The summed E-state index contributed by atoms with van der Waals surface area (Å²) < 4.78 is 5.20. The molecule has 0 fully saturated rings. The molecule has 0 saturated carbocycles. The molecule has 90 valence electrons. The first-order valence-electron chi connectivity index (χ1n) is 5.29. The highest BCUT2D eigenvalue weighted by atomic mass is 32.2. The Labute approximate surface area is 97.3 Å². The van der Waals surface area contributed by atoms with Crippen LogP contribution in [0.25, 0.3) is 0 Å². The van der Waals surface area contributed by atoms with Crippen LogP contribution in [0.3, 0.4) is 0 Å². The van der Waals surface area contributed by atoms with Crippen molar-refractivity contribution < 1.29 is 9.53 Å². The van der Waals surface area contributed by atoms with Gasteiger partial charge in [0.15, 0.2) is 0 Å². The smallest absolute Gasteiger partial charge is 0.307 e. The topological polar surface area (TPSA) is 38.3 Å². The van der Waals surface area contributed by atoms with Crippen molar-refractivity contribution in [2.45, 2.75) is 45.8 Å². The second-order valence-corrected chi connectivity index (χ2v) is 5.56. The van der Waals surface area contributed by atoms with Crippen LogP contribution in [-0.4, -0.2) is 36.2 Å². The van der Waals surface area contributed by atoms with Gasteiger partial charge in [-0.1, -0.05) is 0 Å². The van der Waals surface area contributed by atoms with Gasteiger partial charge in [-0.2, -0.15) is 11.8 Å². The normalized spacial score (nSPS) is 13.7. The average Bonchev–Trinajstić information content (AvgIpc) is 2.00. The van der Waals surface area contributed by atoms with Crippen LogP contribution in [0.2, 0.25) is 0 Å². The molecule has 1 N–H and O–H groups in total. The minimum Gasteiger partial charge on any atom is -0.460 e. The molecule has 0 saturated heterocycles. The maximum atomic E-state index is 11.3. The lowest BCUT2D eigenvalue weighted by atomic mass is 10.2. The summed E-state index contributed by atoms with van der Waals surface area (Å²) in [5, 5.41) is 3.28. The first-order valence-corrected chi connectivity index (χ1v) is 6.68. The van der Waals surface area contributed by atoms with Crippen molar-refractivity contribution in [3.05, 3.63) is 0 Å². The predicted molar refractivity (Wildman–Crippen MR) is 66.3 cm³/mol. The summed E-state index contributed by atoms with van der Waals surface area (Å²) in [6.45, 7) is 8.46. The van der Waals surface area contributed by atoms with Gasteiger partial charge in [-0.05, 0) is 34.0 Å². The van der Waals surface area contributed by atoms with E-state index in [0.717, 1.165) is 5.75 Å². The standard InChI is InChI=1S/C11H23NO2S/c1-9(8-15-5)12-7-6-10(13)14-11(2,3)4/h9,12H,6-8H2,1-5H3. The molecule has 0 aliphatic rings. The molecular weight excluding hydrogens is 210 g/mol. The first kappa shape index (κ1) is 14.8. The minimum absolute atomic E-state index is 0.133. The fraction of sp³-hybridized carbons (Fsp3) is 0.909. The van der Waals surface area contributed by atoms with Crippen LogP contribution >= 0.6 is 11.8 Å². The number of carbonyl (C=O) groups is 1. The lowest BCUT2D eigenvalue weighted by molar-refractivity contribution is -0.154. The van der Waals surface area contributed by atoms with E-state index in [0.29, 0.717) is 19.0 Å². The molecule has 0 amide bonds. The molecule has 1 atom stereocenters. The fourth-order valence-corrected chi connectivity index (χ4v) is 1.74. The number of hydrogen-bond donors (Lipinski definition) is 1. The molecule has 3 nitrogen and oxygen atoms in total. The Bertz CT molecular complexity index is 190. The van der Waals surface area contributed by atoms with Gasteiger partial charge < -0.3 is 10.1 Å². The van der Waals surface area contributed by atoms with Crippen molar-refractivity contribution in [3.63, 3.8) is 0 Å². The second kappa shape index (κ2) is 7.12. The Morgan fingerprint density at radius 2 is 2.07 bits per heavy atom. The van der Waals surface area contributed by atoms with Crippen LogP contribution in [0.15, 0.2) is 0 Å². The quantitative estimate of drug-likeness (QED) is 0.713. The lowest BCUT2D eigenvalue weighted by Crippen LogP contribution is -2.32. The van der Waals surface area contributed by atoms with Gasteiger partial charge in [0, 0.05) is 18.3 Å². The Kier molecular flexibility index (Phi) is 7.02. The van der Waals surface area contributed by atoms with Gasteiger partial charge in [0.1, 0.15) is 5.60 Å². The summed E-state index contributed by atoms with van der Waals surface area (Å²) in [7, 11) is 0. The fourth-order valence-electron chi connectivity index (χ4n) is 1.12. The molecule has 15 heavy (non-hydrogen) atoms. The van der Waals surface area contributed by atoms with Crippen molar-refractivity contribution in [1.82, 2.24) is 5.32 Å². The van der Waals surface area contributed by atoms with Gasteiger partial charge in [-0.25, -0.2) is 0 Å². The number of nitrogens with one attached hydrogen (secondary N) is 1. The van der Waals surface area contributed by atoms with E-state index in [2.05, 4.69) is 18.5 Å². The number of thioether (sulfide) groups is 1. The van der Waals surface area contributed by atoms with Gasteiger partial charge in [0.05, 0.1) is 6.42 Å². The summed E-state index contributed by atoms with van der Waals surface area (Å²) in [6.07, 6.45) is 2.52. The van der Waals surface area contributed by atoms with Crippen LogP contribution in [0.4, 0.5) is 0 Å². The third-order valence-electron chi connectivity index (χ3n) is 1.66. The zero-order valence-electron chi connectivity index (χ0n) is 10.4. The highest BCUT2D eigenvalue weighted by Crippen LogP contribution is 2.07. The van der Waals surface area contributed by atoms with E-state index >= 15 is 0 Å². The summed E-state index contributed by atoms with van der Waals surface area (Å²) in [4.78, 5) is 11.3. The highest BCUT2D eigenvalue weighted by Gasteiger charge is 2.15. The number of carbonyl (C=O) groups excluding carboxylic acids is 1. The van der Waals surface area contributed by atoms with E-state index in [1.807, 2.05) is 20.8 Å². The molecule has 0 aromatic rings. The van der Waals surface area contributed by atoms with Crippen LogP contribution in [0, 0.1) is 0 Å². The van der Waals surface area contributed by atoms with Crippen LogP contribution < -0.4 is 5.32 Å². The zero-order valence-corrected chi connectivity index (χ0v) is 11.2. The molecule has 0 aromatic heterocycles.